The summed E-state index contributed by atoms with van der Waals surface area (Å²) in [5, 5.41) is 2.57. The van der Waals surface area contributed by atoms with E-state index in [1.165, 1.54) is 19.1 Å². The molecule has 1 aromatic carbocycles. The maximum Gasteiger partial charge on any atom is 0.217 e. The summed E-state index contributed by atoms with van der Waals surface area (Å²) < 4.78 is 13.0. The highest BCUT2D eigenvalue weighted by molar-refractivity contribution is 5.76. The fourth-order valence-corrected chi connectivity index (χ4v) is 1.19. The first kappa shape index (κ1) is 12.0. The highest BCUT2D eigenvalue weighted by atomic mass is 19.1. The SMILES string of the molecule is CC(=O)NCC=Cc1cc(F)cc(N)c1N. The van der Waals surface area contributed by atoms with Gasteiger partial charge in [0.15, 0.2) is 0 Å². The monoisotopic (exact) mass is 223 g/mol. The number of amides is 1. The summed E-state index contributed by atoms with van der Waals surface area (Å²) >= 11 is 0. The molecule has 0 unspecified atom stereocenters. The minimum absolute atomic E-state index is 0.128. The van der Waals surface area contributed by atoms with E-state index in [4.69, 9.17) is 11.5 Å². The van der Waals surface area contributed by atoms with Crippen molar-refractivity contribution in [3.05, 3.63) is 29.6 Å². The highest BCUT2D eigenvalue weighted by Gasteiger charge is 2.02. The van der Waals surface area contributed by atoms with Gasteiger partial charge in [0.05, 0.1) is 11.4 Å². The summed E-state index contributed by atoms with van der Waals surface area (Å²) in [6.07, 6.45) is 3.29. The van der Waals surface area contributed by atoms with E-state index < -0.39 is 5.82 Å². The van der Waals surface area contributed by atoms with Crippen LogP contribution >= 0.6 is 0 Å². The van der Waals surface area contributed by atoms with Crippen LogP contribution in [0.15, 0.2) is 18.2 Å². The molecule has 0 aliphatic carbocycles. The van der Waals surface area contributed by atoms with Gasteiger partial charge in [-0.15, -0.1) is 0 Å². The van der Waals surface area contributed by atoms with Crippen molar-refractivity contribution in [2.45, 2.75) is 6.92 Å². The molecule has 0 aliphatic heterocycles. The molecule has 1 rings (SSSR count). The molecule has 16 heavy (non-hydrogen) atoms. The number of nitrogens with two attached hydrogens (primary N) is 2. The van der Waals surface area contributed by atoms with Crippen LogP contribution in [0, 0.1) is 5.82 Å². The molecule has 5 N–H and O–H groups in total. The first-order chi connectivity index (χ1) is 7.50. The number of benzene rings is 1. The Labute approximate surface area is 93.1 Å². The summed E-state index contributed by atoms with van der Waals surface area (Å²) in [4.78, 5) is 10.6. The molecular weight excluding hydrogens is 209 g/mol. The van der Waals surface area contributed by atoms with Gasteiger partial charge in [-0.25, -0.2) is 4.39 Å². The fourth-order valence-electron chi connectivity index (χ4n) is 1.19. The van der Waals surface area contributed by atoms with Gasteiger partial charge >= 0.3 is 0 Å². The van der Waals surface area contributed by atoms with Crippen molar-refractivity contribution in [1.82, 2.24) is 5.32 Å². The molecule has 0 radical (unpaired) electrons. The van der Waals surface area contributed by atoms with Gasteiger partial charge < -0.3 is 16.8 Å². The van der Waals surface area contributed by atoms with E-state index in [9.17, 15) is 9.18 Å². The van der Waals surface area contributed by atoms with Gasteiger partial charge in [-0.1, -0.05) is 12.2 Å². The van der Waals surface area contributed by atoms with E-state index in [1.807, 2.05) is 0 Å². The standard InChI is InChI=1S/C11H14FN3O/c1-7(16)15-4-2-3-8-5-9(12)6-10(13)11(8)14/h2-3,5-6H,4,13-14H2,1H3,(H,15,16). The van der Waals surface area contributed by atoms with Gasteiger partial charge in [-0.2, -0.15) is 0 Å². The van der Waals surface area contributed by atoms with Crippen molar-refractivity contribution in [2.24, 2.45) is 0 Å². The van der Waals surface area contributed by atoms with Crippen LogP contribution in [0.25, 0.3) is 6.08 Å². The fraction of sp³-hybridized carbons (Fsp3) is 0.182. The third kappa shape index (κ3) is 3.27. The number of carbonyl (C=O) groups excluding carboxylic acids is 1. The molecule has 0 saturated carbocycles. The Bertz CT molecular complexity index is 429. The molecule has 0 heterocycles. The normalized spacial score (nSPS) is 10.6. The third-order valence-electron chi connectivity index (χ3n) is 1.98. The second kappa shape index (κ2) is 5.16. The zero-order chi connectivity index (χ0) is 12.1. The molecule has 4 nitrogen and oxygen atoms in total. The Morgan fingerprint density at radius 1 is 1.50 bits per heavy atom. The van der Waals surface area contributed by atoms with E-state index in [-0.39, 0.29) is 11.6 Å². The smallest absolute Gasteiger partial charge is 0.217 e. The maximum atomic E-state index is 13.0. The number of rotatable bonds is 3. The van der Waals surface area contributed by atoms with E-state index >= 15 is 0 Å². The Hall–Kier alpha value is -2.04. The van der Waals surface area contributed by atoms with Crippen molar-refractivity contribution in [1.29, 1.82) is 0 Å². The molecule has 0 spiro atoms. The second-order valence-corrected chi connectivity index (χ2v) is 3.34. The van der Waals surface area contributed by atoms with Gasteiger partial charge in [0.25, 0.3) is 0 Å². The molecule has 0 saturated heterocycles. The summed E-state index contributed by atoms with van der Waals surface area (Å²) in [6, 6.07) is 2.45. The number of hydrogen-bond acceptors (Lipinski definition) is 3. The first-order valence-electron chi connectivity index (χ1n) is 4.76. The van der Waals surface area contributed by atoms with Gasteiger partial charge in [-0.05, 0) is 12.1 Å². The second-order valence-electron chi connectivity index (χ2n) is 3.34. The zero-order valence-corrected chi connectivity index (χ0v) is 8.96. The van der Waals surface area contributed by atoms with Crippen LogP contribution in [0.1, 0.15) is 12.5 Å². The minimum atomic E-state index is -0.439. The summed E-state index contributed by atoms with van der Waals surface area (Å²) in [6.45, 7) is 1.79. The zero-order valence-electron chi connectivity index (χ0n) is 8.96. The molecule has 0 atom stereocenters. The molecular formula is C11H14FN3O. The van der Waals surface area contributed by atoms with Crippen molar-refractivity contribution in [3.63, 3.8) is 0 Å². The Morgan fingerprint density at radius 2 is 2.19 bits per heavy atom. The van der Waals surface area contributed by atoms with Gasteiger partial charge in [0, 0.05) is 19.0 Å². The van der Waals surface area contributed by atoms with Gasteiger partial charge in [0.1, 0.15) is 5.82 Å². The third-order valence-corrected chi connectivity index (χ3v) is 1.98. The topological polar surface area (TPSA) is 81.1 Å². The molecule has 1 amide bonds. The van der Waals surface area contributed by atoms with Crippen LogP contribution in [0.3, 0.4) is 0 Å². The predicted molar refractivity (Wildman–Crippen MR) is 62.9 cm³/mol. The molecule has 0 bridgehead atoms. The van der Waals surface area contributed by atoms with Crippen LogP contribution in [-0.4, -0.2) is 12.5 Å². The van der Waals surface area contributed by atoms with Crippen LogP contribution in [0.2, 0.25) is 0 Å². The maximum absolute atomic E-state index is 13.0. The number of nitrogens with one attached hydrogen (secondary N) is 1. The average Bonchev–Trinajstić information content (AvgIpc) is 2.19. The van der Waals surface area contributed by atoms with Crippen molar-refractivity contribution >= 4 is 23.4 Å². The lowest BCUT2D eigenvalue weighted by Gasteiger charge is -2.04. The average molecular weight is 223 g/mol. The largest absolute Gasteiger partial charge is 0.397 e. The lowest BCUT2D eigenvalue weighted by atomic mass is 10.1. The Balaban J connectivity index is 2.77. The van der Waals surface area contributed by atoms with E-state index in [2.05, 4.69) is 5.32 Å². The number of hydrogen-bond donors (Lipinski definition) is 3. The number of anilines is 2. The number of carbonyl (C=O) groups is 1. The number of nitrogen functional groups attached to an aromatic ring is 2. The van der Waals surface area contributed by atoms with Crippen molar-refractivity contribution < 1.29 is 9.18 Å². The lowest BCUT2D eigenvalue weighted by Crippen LogP contribution is -2.19. The molecule has 0 aliphatic rings. The summed E-state index contributed by atoms with van der Waals surface area (Å²) in [7, 11) is 0. The molecule has 1 aromatic rings. The van der Waals surface area contributed by atoms with E-state index in [0.29, 0.717) is 17.8 Å². The van der Waals surface area contributed by atoms with E-state index in [0.717, 1.165) is 0 Å². The first-order valence-corrected chi connectivity index (χ1v) is 4.76. The Kier molecular flexibility index (Phi) is 3.88. The highest BCUT2D eigenvalue weighted by Crippen LogP contribution is 2.22. The summed E-state index contributed by atoms with van der Waals surface area (Å²) in [5.74, 6) is -0.567. The number of halogens is 1. The van der Waals surface area contributed by atoms with Gasteiger partial charge in [0.2, 0.25) is 5.91 Å². The molecule has 0 aromatic heterocycles. The predicted octanol–water partition coefficient (Wildman–Crippen LogP) is 1.14. The van der Waals surface area contributed by atoms with E-state index in [1.54, 1.807) is 12.2 Å². The Morgan fingerprint density at radius 3 is 2.81 bits per heavy atom. The molecule has 0 fully saturated rings. The van der Waals surface area contributed by atoms with Crippen molar-refractivity contribution in [3.8, 4) is 0 Å². The lowest BCUT2D eigenvalue weighted by molar-refractivity contribution is -0.118. The van der Waals surface area contributed by atoms with Crippen LogP contribution in [0.5, 0.6) is 0 Å². The van der Waals surface area contributed by atoms with Gasteiger partial charge in [-0.3, -0.25) is 4.79 Å². The van der Waals surface area contributed by atoms with Crippen LogP contribution in [-0.2, 0) is 4.79 Å². The molecule has 5 heteroatoms. The molecule has 86 valence electrons. The van der Waals surface area contributed by atoms with Crippen molar-refractivity contribution in [2.75, 3.05) is 18.0 Å². The van der Waals surface area contributed by atoms with Crippen LogP contribution < -0.4 is 16.8 Å². The summed E-state index contributed by atoms with van der Waals surface area (Å²) in [5.41, 5.74) is 12.2. The minimum Gasteiger partial charge on any atom is -0.397 e. The quantitative estimate of drug-likeness (QED) is 0.672. The van der Waals surface area contributed by atoms with Crippen LogP contribution in [0.4, 0.5) is 15.8 Å².